The van der Waals surface area contributed by atoms with Crippen molar-refractivity contribution >= 4 is 17.0 Å². The van der Waals surface area contributed by atoms with Gasteiger partial charge >= 0.3 is 0 Å². The highest BCUT2D eigenvalue weighted by molar-refractivity contribution is 5.83. The molecule has 0 spiro atoms. The summed E-state index contributed by atoms with van der Waals surface area (Å²) in [7, 11) is 0. The van der Waals surface area contributed by atoms with E-state index in [1.807, 2.05) is 25.4 Å². The number of H-pyrrole nitrogens is 1. The predicted octanol–water partition coefficient (Wildman–Crippen LogP) is 2.51. The van der Waals surface area contributed by atoms with E-state index in [4.69, 9.17) is 0 Å². The molecule has 0 fully saturated rings. The van der Waals surface area contributed by atoms with Crippen LogP contribution >= 0.6 is 0 Å². The lowest BCUT2D eigenvalue weighted by atomic mass is 10.1. The van der Waals surface area contributed by atoms with Crippen molar-refractivity contribution in [2.75, 3.05) is 0 Å². The minimum atomic E-state index is 0.949. The third-order valence-corrected chi connectivity index (χ3v) is 2.07. The Labute approximate surface area is 70.9 Å². The summed E-state index contributed by atoms with van der Waals surface area (Å²) in [6, 6.07) is 2.02. The SMILES string of the molecule is C=Cc1ncc2cc[nH]c2c1C. The number of fused-ring (bicyclic) bond motifs is 1. The third kappa shape index (κ3) is 0.848. The summed E-state index contributed by atoms with van der Waals surface area (Å²) in [5, 5.41) is 1.15. The Bertz CT molecular complexity index is 426. The molecule has 0 aliphatic carbocycles. The summed E-state index contributed by atoms with van der Waals surface area (Å²) in [6.07, 6.45) is 5.55. The number of nitrogens with one attached hydrogen (secondary N) is 1. The molecule has 0 aliphatic heterocycles. The summed E-state index contributed by atoms with van der Waals surface area (Å²) in [5.41, 5.74) is 3.26. The van der Waals surface area contributed by atoms with E-state index in [-0.39, 0.29) is 0 Å². The van der Waals surface area contributed by atoms with Crippen LogP contribution in [0.15, 0.2) is 25.0 Å². The Balaban J connectivity index is 2.86. The number of hydrogen-bond donors (Lipinski definition) is 1. The van der Waals surface area contributed by atoms with Crippen molar-refractivity contribution in [1.29, 1.82) is 0 Å². The number of nitrogens with zero attached hydrogens (tertiary/aromatic N) is 1. The van der Waals surface area contributed by atoms with Crippen LogP contribution < -0.4 is 0 Å². The maximum Gasteiger partial charge on any atom is 0.0674 e. The summed E-state index contributed by atoms with van der Waals surface area (Å²) in [6.45, 7) is 5.75. The first-order chi connectivity index (χ1) is 5.83. The van der Waals surface area contributed by atoms with Gasteiger partial charge in [0.1, 0.15) is 0 Å². The molecule has 0 saturated heterocycles. The fourth-order valence-electron chi connectivity index (χ4n) is 1.38. The average molecular weight is 158 g/mol. The molecule has 2 rings (SSSR count). The van der Waals surface area contributed by atoms with Crippen LogP contribution in [0.4, 0.5) is 0 Å². The van der Waals surface area contributed by atoms with Gasteiger partial charge in [-0.25, -0.2) is 0 Å². The van der Waals surface area contributed by atoms with Gasteiger partial charge in [-0.05, 0) is 24.6 Å². The molecule has 2 aromatic rings. The quantitative estimate of drug-likeness (QED) is 0.678. The first-order valence-electron chi connectivity index (χ1n) is 3.88. The maximum atomic E-state index is 4.26. The van der Waals surface area contributed by atoms with E-state index >= 15 is 0 Å². The van der Waals surface area contributed by atoms with E-state index in [1.165, 1.54) is 0 Å². The predicted molar refractivity (Wildman–Crippen MR) is 50.9 cm³/mol. The lowest BCUT2D eigenvalue weighted by Crippen LogP contribution is -1.86. The first kappa shape index (κ1) is 7.10. The van der Waals surface area contributed by atoms with Gasteiger partial charge < -0.3 is 4.98 Å². The minimum Gasteiger partial charge on any atom is -0.361 e. The Morgan fingerprint density at radius 3 is 3.17 bits per heavy atom. The van der Waals surface area contributed by atoms with E-state index in [0.29, 0.717) is 0 Å². The van der Waals surface area contributed by atoms with Gasteiger partial charge in [0.2, 0.25) is 0 Å². The second-order valence-corrected chi connectivity index (χ2v) is 2.78. The van der Waals surface area contributed by atoms with Gasteiger partial charge in [0, 0.05) is 17.8 Å². The smallest absolute Gasteiger partial charge is 0.0674 e. The van der Waals surface area contributed by atoms with Gasteiger partial charge in [-0.1, -0.05) is 6.58 Å². The zero-order chi connectivity index (χ0) is 8.55. The van der Waals surface area contributed by atoms with Gasteiger partial charge in [-0.2, -0.15) is 0 Å². The highest BCUT2D eigenvalue weighted by Gasteiger charge is 2.01. The first-order valence-corrected chi connectivity index (χ1v) is 3.88. The number of aromatic nitrogens is 2. The van der Waals surface area contributed by atoms with Gasteiger partial charge in [-0.3, -0.25) is 4.98 Å². The van der Waals surface area contributed by atoms with E-state index in [1.54, 1.807) is 6.08 Å². The van der Waals surface area contributed by atoms with Crippen molar-refractivity contribution in [3.8, 4) is 0 Å². The molecule has 2 aromatic heterocycles. The van der Waals surface area contributed by atoms with Crippen molar-refractivity contribution in [3.05, 3.63) is 36.3 Å². The molecular weight excluding hydrogens is 148 g/mol. The van der Waals surface area contributed by atoms with E-state index < -0.39 is 0 Å². The van der Waals surface area contributed by atoms with Crippen LogP contribution in [0.25, 0.3) is 17.0 Å². The molecule has 12 heavy (non-hydrogen) atoms. The normalized spacial score (nSPS) is 10.4. The Hall–Kier alpha value is -1.57. The molecule has 2 nitrogen and oxygen atoms in total. The van der Waals surface area contributed by atoms with Crippen LogP contribution in [0, 0.1) is 6.92 Å². The summed E-state index contributed by atoms with van der Waals surface area (Å²) in [4.78, 5) is 7.43. The molecule has 2 heterocycles. The summed E-state index contributed by atoms with van der Waals surface area (Å²) in [5.74, 6) is 0. The molecule has 0 radical (unpaired) electrons. The van der Waals surface area contributed by atoms with Gasteiger partial charge in [0.25, 0.3) is 0 Å². The third-order valence-electron chi connectivity index (χ3n) is 2.07. The molecule has 0 aliphatic rings. The fourth-order valence-corrected chi connectivity index (χ4v) is 1.38. The molecule has 2 heteroatoms. The van der Waals surface area contributed by atoms with E-state index in [9.17, 15) is 0 Å². The number of rotatable bonds is 1. The molecule has 0 aromatic carbocycles. The Morgan fingerprint density at radius 2 is 2.42 bits per heavy atom. The van der Waals surface area contributed by atoms with Crippen LogP contribution in [0.1, 0.15) is 11.3 Å². The van der Waals surface area contributed by atoms with Crippen LogP contribution in [-0.4, -0.2) is 9.97 Å². The molecule has 1 N–H and O–H groups in total. The Morgan fingerprint density at radius 1 is 1.58 bits per heavy atom. The van der Waals surface area contributed by atoms with E-state index in [0.717, 1.165) is 22.2 Å². The van der Waals surface area contributed by atoms with Crippen LogP contribution in [0.5, 0.6) is 0 Å². The largest absolute Gasteiger partial charge is 0.361 e. The van der Waals surface area contributed by atoms with Gasteiger partial charge in [-0.15, -0.1) is 0 Å². The summed E-state index contributed by atoms with van der Waals surface area (Å²) >= 11 is 0. The van der Waals surface area contributed by atoms with Crippen molar-refractivity contribution in [3.63, 3.8) is 0 Å². The molecule has 0 unspecified atom stereocenters. The second-order valence-electron chi connectivity index (χ2n) is 2.78. The van der Waals surface area contributed by atoms with Crippen molar-refractivity contribution < 1.29 is 0 Å². The zero-order valence-corrected chi connectivity index (χ0v) is 6.96. The van der Waals surface area contributed by atoms with Crippen LogP contribution in [0.3, 0.4) is 0 Å². The average Bonchev–Trinajstić information content (AvgIpc) is 2.53. The monoisotopic (exact) mass is 158 g/mol. The topological polar surface area (TPSA) is 28.7 Å². The molecule has 0 amide bonds. The highest BCUT2D eigenvalue weighted by atomic mass is 14.7. The molecule has 0 bridgehead atoms. The summed E-state index contributed by atoms with van der Waals surface area (Å²) < 4.78 is 0. The second kappa shape index (κ2) is 2.48. The van der Waals surface area contributed by atoms with Crippen molar-refractivity contribution in [1.82, 2.24) is 9.97 Å². The van der Waals surface area contributed by atoms with Gasteiger partial charge in [0.15, 0.2) is 0 Å². The molecule has 0 atom stereocenters. The standard InChI is InChI=1S/C10H10N2/c1-3-9-7(2)10-8(6-12-9)4-5-11-10/h3-6,11H,1H2,2H3. The number of hydrogen-bond acceptors (Lipinski definition) is 1. The zero-order valence-electron chi connectivity index (χ0n) is 6.96. The number of pyridine rings is 1. The highest BCUT2D eigenvalue weighted by Crippen LogP contribution is 2.18. The number of aryl methyl sites for hydroxylation is 1. The van der Waals surface area contributed by atoms with Crippen LogP contribution in [-0.2, 0) is 0 Å². The molecule has 0 saturated carbocycles. The molecule has 60 valence electrons. The lowest BCUT2D eigenvalue weighted by molar-refractivity contribution is 1.26. The Kier molecular flexibility index (Phi) is 1.47. The maximum absolute atomic E-state index is 4.26. The minimum absolute atomic E-state index is 0.949. The van der Waals surface area contributed by atoms with E-state index in [2.05, 4.69) is 16.5 Å². The van der Waals surface area contributed by atoms with Gasteiger partial charge in [0.05, 0.1) is 11.2 Å². The van der Waals surface area contributed by atoms with Crippen molar-refractivity contribution in [2.24, 2.45) is 0 Å². The van der Waals surface area contributed by atoms with Crippen LogP contribution in [0.2, 0.25) is 0 Å². The molecular formula is C10H10N2. The lowest BCUT2D eigenvalue weighted by Gasteiger charge is -1.99. The number of aromatic amines is 1. The fraction of sp³-hybridized carbons (Fsp3) is 0.100. The van der Waals surface area contributed by atoms with Crippen molar-refractivity contribution in [2.45, 2.75) is 6.92 Å².